The van der Waals surface area contributed by atoms with Crippen LogP contribution in [0.1, 0.15) is 46.0 Å². The minimum absolute atomic E-state index is 0.441. The molecular weight excluding hydrogens is 216 g/mol. The van der Waals surface area contributed by atoms with Gasteiger partial charge in [-0.2, -0.15) is 0 Å². The van der Waals surface area contributed by atoms with Crippen LogP contribution in [0.2, 0.25) is 0 Å². The maximum Gasteiger partial charge on any atom is 0.323 e. The molecule has 0 saturated carbocycles. The average Bonchev–Trinajstić information content (AvgIpc) is 2.87. The molecule has 2 N–H and O–H groups in total. The molecule has 2 fully saturated rings. The van der Waals surface area contributed by atoms with Crippen molar-refractivity contribution < 1.29 is 9.90 Å². The minimum Gasteiger partial charge on any atom is -0.480 e. The van der Waals surface area contributed by atoms with Crippen LogP contribution in [0.3, 0.4) is 0 Å². The van der Waals surface area contributed by atoms with E-state index in [1.165, 1.54) is 6.42 Å². The Morgan fingerprint density at radius 2 is 2.29 bits per heavy atom. The van der Waals surface area contributed by atoms with Gasteiger partial charge in [0.15, 0.2) is 0 Å². The molecule has 17 heavy (non-hydrogen) atoms. The molecule has 0 radical (unpaired) electrons. The van der Waals surface area contributed by atoms with Crippen LogP contribution >= 0.6 is 0 Å². The van der Waals surface area contributed by atoms with E-state index in [4.69, 9.17) is 0 Å². The maximum atomic E-state index is 11.5. The van der Waals surface area contributed by atoms with Crippen LogP contribution in [0.15, 0.2) is 0 Å². The first-order chi connectivity index (χ1) is 8.05. The summed E-state index contributed by atoms with van der Waals surface area (Å²) in [5.41, 5.74) is -0.651. The molecular formula is C13H24N2O2. The molecule has 0 spiro atoms. The standard InChI is InChI=1S/C13H24N2O2/c1-10(2)15-8-3-5-11(15)9-13(12(16)17)6-4-7-14-13/h10-11,14H,3-9H2,1-2H3,(H,16,17). The Balaban J connectivity index is 2.05. The number of hydrogen-bond acceptors (Lipinski definition) is 3. The van der Waals surface area contributed by atoms with Gasteiger partial charge in [-0.05, 0) is 59.0 Å². The van der Waals surface area contributed by atoms with Gasteiger partial charge in [0.1, 0.15) is 5.54 Å². The molecule has 98 valence electrons. The topological polar surface area (TPSA) is 52.6 Å². The predicted molar refractivity (Wildman–Crippen MR) is 67.1 cm³/mol. The summed E-state index contributed by atoms with van der Waals surface area (Å²) in [5, 5.41) is 12.7. The second kappa shape index (κ2) is 4.94. The molecule has 2 aliphatic heterocycles. The number of carboxylic acid groups (broad SMARTS) is 1. The highest BCUT2D eigenvalue weighted by Crippen LogP contribution is 2.32. The molecule has 2 heterocycles. The van der Waals surface area contributed by atoms with E-state index in [0.29, 0.717) is 12.1 Å². The SMILES string of the molecule is CC(C)N1CCCC1CC1(C(=O)O)CCCN1. The molecule has 0 aromatic rings. The van der Waals surface area contributed by atoms with Gasteiger partial charge in [0.25, 0.3) is 0 Å². The van der Waals surface area contributed by atoms with Gasteiger partial charge in [-0.25, -0.2) is 0 Å². The number of likely N-dealkylation sites (tertiary alicyclic amines) is 1. The van der Waals surface area contributed by atoms with Gasteiger partial charge in [0.2, 0.25) is 0 Å². The summed E-state index contributed by atoms with van der Waals surface area (Å²) in [7, 11) is 0. The molecule has 0 amide bonds. The number of aliphatic carboxylic acids is 1. The van der Waals surface area contributed by atoms with Gasteiger partial charge in [0, 0.05) is 12.1 Å². The predicted octanol–water partition coefficient (Wildman–Crippen LogP) is 1.46. The highest BCUT2D eigenvalue weighted by Gasteiger charge is 2.44. The summed E-state index contributed by atoms with van der Waals surface area (Å²) in [6.45, 7) is 6.38. The van der Waals surface area contributed by atoms with Crippen LogP contribution in [-0.4, -0.2) is 46.7 Å². The van der Waals surface area contributed by atoms with Gasteiger partial charge < -0.3 is 10.4 Å². The van der Waals surface area contributed by atoms with Gasteiger partial charge in [-0.15, -0.1) is 0 Å². The summed E-state index contributed by atoms with van der Waals surface area (Å²) >= 11 is 0. The van der Waals surface area contributed by atoms with Gasteiger partial charge in [-0.1, -0.05) is 0 Å². The summed E-state index contributed by atoms with van der Waals surface area (Å²) in [6, 6.07) is 0.964. The molecule has 0 aromatic carbocycles. The Hall–Kier alpha value is -0.610. The number of carboxylic acids is 1. The van der Waals surface area contributed by atoms with Crippen molar-refractivity contribution in [3.05, 3.63) is 0 Å². The molecule has 2 aliphatic rings. The fraction of sp³-hybridized carbons (Fsp3) is 0.923. The van der Waals surface area contributed by atoms with Crippen molar-refractivity contribution in [2.24, 2.45) is 0 Å². The average molecular weight is 240 g/mol. The van der Waals surface area contributed by atoms with Gasteiger partial charge in [-0.3, -0.25) is 9.69 Å². The first-order valence-electron chi connectivity index (χ1n) is 6.79. The van der Waals surface area contributed by atoms with Crippen LogP contribution in [0.25, 0.3) is 0 Å². The molecule has 4 heteroatoms. The van der Waals surface area contributed by atoms with Crippen molar-refractivity contribution >= 4 is 5.97 Å². The smallest absolute Gasteiger partial charge is 0.323 e. The number of nitrogens with one attached hydrogen (secondary N) is 1. The van der Waals surface area contributed by atoms with Crippen molar-refractivity contribution in [2.45, 2.75) is 63.6 Å². The quantitative estimate of drug-likeness (QED) is 0.781. The first-order valence-corrected chi connectivity index (χ1v) is 6.79. The Labute approximate surface area is 103 Å². The summed E-state index contributed by atoms with van der Waals surface area (Å²) in [6.07, 6.45) is 4.89. The van der Waals surface area contributed by atoms with Crippen LogP contribution in [-0.2, 0) is 4.79 Å². The second-order valence-electron chi connectivity index (χ2n) is 5.75. The monoisotopic (exact) mass is 240 g/mol. The van der Waals surface area contributed by atoms with Crippen molar-refractivity contribution in [2.75, 3.05) is 13.1 Å². The van der Waals surface area contributed by atoms with Gasteiger partial charge in [0.05, 0.1) is 0 Å². The van der Waals surface area contributed by atoms with Crippen molar-refractivity contribution in [3.8, 4) is 0 Å². The summed E-state index contributed by atoms with van der Waals surface area (Å²) < 4.78 is 0. The van der Waals surface area contributed by atoms with Crippen LogP contribution < -0.4 is 5.32 Å². The lowest BCUT2D eigenvalue weighted by Crippen LogP contribution is -2.52. The summed E-state index contributed by atoms with van der Waals surface area (Å²) in [4.78, 5) is 14.0. The highest BCUT2D eigenvalue weighted by atomic mass is 16.4. The Bertz CT molecular complexity index is 285. The third-order valence-electron chi connectivity index (χ3n) is 4.32. The van der Waals surface area contributed by atoms with E-state index in [0.717, 1.165) is 38.8 Å². The fourth-order valence-corrected chi connectivity index (χ4v) is 3.41. The zero-order valence-electron chi connectivity index (χ0n) is 10.9. The van der Waals surface area contributed by atoms with E-state index in [9.17, 15) is 9.90 Å². The van der Waals surface area contributed by atoms with Crippen LogP contribution in [0.5, 0.6) is 0 Å². The molecule has 2 unspecified atom stereocenters. The molecule has 4 nitrogen and oxygen atoms in total. The lowest BCUT2D eigenvalue weighted by molar-refractivity contribution is -0.145. The first kappa shape index (κ1) is 12.8. The van der Waals surface area contributed by atoms with Crippen LogP contribution in [0.4, 0.5) is 0 Å². The third kappa shape index (κ3) is 2.47. The largest absolute Gasteiger partial charge is 0.480 e. The number of nitrogens with zero attached hydrogens (tertiary/aromatic N) is 1. The number of carbonyl (C=O) groups is 1. The van der Waals surface area contributed by atoms with E-state index in [2.05, 4.69) is 24.1 Å². The molecule has 2 atom stereocenters. The maximum absolute atomic E-state index is 11.5. The minimum atomic E-state index is -0.661. The van der Waals surface area contributed by atoms with E-state index >= 15 is 0 Å². The fourth-order valence-electron chi connectivity index (χ4n) is 3.41. The summed E-state index contributed by atoms with van der Waals surface area (Å²) in [5.74, 6) is -0.661. The molecule has 0 aromatic heterocycles. The van der Waals surface area contributed by atoms with E-state index in [-0.39, 0.29) is 0 Å². The Morgan fingerprint density at radius 3 is 2.82 bits per heavy atom. The van der Waals surface area contributed by atoms with E-state index < -0.39 is 11.5 Å². The zero-order chi connectivity index (χ0) is 12.5. The Kier molecular flexibility index (Phi) is 3.73. The molecule has 0 aliphatic carbocycles. The number of rotatable bonds is 4. The molecule has 2 saturated heterocycles. The zero-order valence-corrected chi connectivity index (χ0v) is 10.9. The van der Waals surface area contributed by atoms with Crippen molar-refractivity contribution in [1.29, 1.82) is 0 Å². The second-order valence-corrected chi connectivity index (χ2v) is 5.75. The Morgan fingerprint density at radius 1 is 1.53 bits per heavy atom. The van der Waals surface area contributed by atoms with Crippen molar-refractivity contribution in [3.63, 3.8) is 0 Å². The highest BCUT2D eigenvalue weighted by molar-refractivity contribution is 5.79. The lowest BCUT2D eigenvalue weighted by Gasteiger charge is -2.34. The van der Waals surface area contributed by atoms with E-state index in [1.807, 2.05) is 0 Å². The lowest BCUT2D eigenvalue weighted by atomic mass is 9.88. The van der Waals surface area contributed by atoms with E-state index in [1.54, 1.807) is 0 Å². The molecule has 0 bridgehead atoms. The van der Waals surface area contributed by atoms with Crippen molar-refractivity contribution in [1.82, 2.24) is 10.2 Å². The van der Waals surface area contributed by atoms with Gasteiger partial charge >= 0.3 is 5.97 Å². The normalized spacial score (nSPS) is 34.6. The molecule has 2 rings (SSSR count). The number of hydrogen-bond donors (Lipinski definition) is 2. The third-order valence-corrected chi connectivity index (χ3v) is 4.32. The van der Waals surface area contributed by atoms with Crippen LogP contribution in [0, 0.1) is 0 Å².